The molecule has 4 aromatic rings. The van der Waals surface area contributed by atoms with Gasteiger partial charge in [0.1, 0.15) is 11.5 Å². The monoisotopic (exact) mass is 502 g/mol. The molecular weight excluding hydrogens is 479 g/mol. The molecule has 1 atom stereocenters. The zero-order valence-corrected chi connectivity index (χ0v) is 20.4. The lowest BCUT2D eigenvalue weighted by Gasteiger charge is -2.40. The van der Waals surface area contributed by atoms with E-state index in [1.807, 2.05) is 61.5 Å². The number of piperazine rings is 1. The van der Waals surface area contributed by atoms with Gasteiger partial charge in [-0.15, -0.1) is 22.6 Å². The average Bonchev–Trinajstić information content (AvgIpc) is 2.89. The summed E-state index contributed by atoms with van der Waals surface area (Å²) in [6.07, 6.45) is 0. The highest BCUT2D eigenvalue weighted by Gasteiger charge is 2.29. The van der Waals surface area contributed by atoms with E-state index >= 15 is 0 Å². The van der Waals surface area contributed by atoms with Crippen molar-refractivity contribution in [1.29, 1.82) is 5.26 Å². The minimum atomic E-state index is -0.635. The molecule has 1 unspecified atom stereocenters. The van der Waals surface area contributed by atoms with Gasteiger partial charge in [0.25, 0.3) is 0 Å². The molecule has 36 heavy (non-hydrogen) atoms. The van der Waals surface area contributed by atoms with Crippen molar-refractivity contribution in [2.45, 2.75) is 13.0 Å². The largest absolute Gasteiger partial charge is 0.348 e. The van der Waals surface area contributed by atoms with Crippen molar-refractivity contribution in [2.75, 3.05) is 29.9 Å². The molecule has 2 amide bonds. The van der Waals surface area contributed by atoms with Gasteiger partial charge in [0.2, 0.25) is 0 Å². The van der Waals surface area contributed by atoms with Crippen LogP contribution in [0.4, 0.5) is 20.7 Å². The third-order valence-electron chi connectivity index (χ3n) is 6.24. The molecule has 1 aliphatic heterocycles. The molecule has 7 nitrogen and oxygen atoms in total. The van der Waals surface area contributed by atoms with Crippen molar-refractivity contribution in [3.05, 3.63) is 84.2 Å². The summed E-state index contributed by atoms with van der Waals surface area (Å²) >= 11 is 0. The van der Waals surface area contributed by atoms with E-state index in [9.17, 15) is 9.18 Å². The molecule has 1 aromatic heterocycles. The Bertz CT molecular complexity index is 1440. The Morgan fingerprint density at radius 3 is 2.44 bits per heavy atom. The Balaban J connectivity index is 0.00000304. The number of nitrogens with one attached hydrogen (secondary N) is 1. The van der Waals surface area contributed by atoms with E-state index in [1.54, 1.807) is 4.90 Å². The highest BCUT2D eigenvalue weighted by atomic mass is 35.5. The predicted octanol–water partition coefficient (Wildman–Crippen LogP) is 5.47. The number of aromatic nitrogens is 2. The fraction of sp³-hybridized carbons (Fsp3) is 0.185. The van der Waals surface area contributed by atoms with Gasteiger partial charge in [0, 0.05) is 42.0 Å². The number of fused-ring (bicyclic) bond motifs is 1. The highest BCUT2D eigenvalue weighted by molar-refractivity contribution is 6.00. The van der Waals surface area contributed by atoms with Crippen LogP contribution in [-0.2, 0) is 0 Å². The SMILES string of the molecule is CC1CN(C(=O)Nc2ccc(C#N)cc2F)CCN1c1nnc(-c2ccccc2)c2ccccc12.Cl. The Hall–Kier alpha value is -4.22. The minimum absolute atomic E-state index is 0. The van der Waals surface area contributed by atoms with E-state index in [-0.39, 0.29) is 35.7 Å². The lowest BCUT2D eigenvalue weighted by Crippen LogP contribution is -2.55. The lowest BCUT2D eigenvalue weighted by atomic mass is 10.0. The van der Waals surface area contributed by atoms with Gasteiger partial charge in [0.05, 0.1) is 17.3 Å². The van der Waals surface area contributed by atoms with Crippen LogP contribution < -0.4 is 10.2 Å². The number of urea groups is 1. The molecule has 9 heteroatoms. The summed E-state index contributed by atoms with van der Waals surface area (Å²) in [4.78, 5) is 16.6. The van der Waals surface area contributed by atoms with Crippen LogP contribution >= 0.6 is 12.4 Å². The van der Waals surface area contributed by atoms with E-state index in [4.69, 9.17) is 5.26 Å². The van der Waals surface area contributed by atoms with Crippen LogP contribution in [0.1, 0.15) is 12.5 Å². The van der Waals surface area contributed by atoms with Crippen LogP contribution in [0.25, 0.3) is 22.0 Å². The molecule has 2 heterocycles. The number of carbonyl (C=O) groups is 1. The fourth-order valence-corrected chi connectivity index (χ4v) is 4.45. The molecular formula is C27H24ClFN6O. The number of hydrogen-bond donors (Lipinski definition) is 1. The highest BCUT2D eigenvalue weighted by Crippen LogP contribution is 2.32. The topological polar surface area (TPSA) is 85.2 Å². The Kier molecular flexibility index (Phi) is 7.32. The van der Waals surface area contributed by atoms with Crippen molar-refractivity contribution >= 4 is 40.7 Å². The molecule has 1 saturated heterocycles. The number of benzene rings is 3. The predicted molar refractivity (Wildman–Crippen MR) is 141 cm³/mol. The number of anilines is 2. The van der Waals surface area contributed by atoms with Crippen LogP contribution in [0.2, 0.25) is 0 Å². The summed E-state index contributed by atoms with van der Waals surface area (Å²) < 4.78 is 14.2. The number of nitrogens with zero attached hydrogens (tertiary/aromatic N) is 5. The van der Waals surface area contributed by atoms with Gasteiger partial charge < -0.3 is 15.1 Å². The smallest absolute Gasteiger partial charge is 0.322 e. The van der Waals surface area contributed by atoms with Gasteiger partial charge in [-0.1, -0.05) is 54.6 Å². The van der Waals surface area contributed by atoms with Gasteiger partial charge in [-0.05, 0) is 25.1 Å². The maximum atomic E-state index is 14.2. The average molecular weight is 503 g/mol. The first-order valence-electron chi connectivity index (χ1n) is 11.4. The molecule has 0 spiro atoms. The summed E-state index contributed by atoms with van der Waals surface area (Å²) in [6.45, 7) is 3.49. The summed E-state index contributed by atoms with van der Waals surface area (Å²) in [5.41, 5.74) is 2.10. The van der Waals surface area contributed by atoms with E-state index in [2.05, 4.69) is 26.5 Å². The summed E-state index contributed by atoms with van der Waals surface area (Å²) in [5.74, 6) is 0.148. The Morgan fingerprint density at radius 2 is 1.75 bits per heavy atom. The zero-order chi connectivity index (χ0) is 24.4. The fourth-order valence-electron chi connectivity index (χ4n) is 4.45. The molecule has 0 aliphatic carbocycles. The third-order valence-corrected chi connectivity index (χ3v) is 6.24. The number of hydrogen-bond acceptors (Lipinski definition) is 5. The number of rotatable bonds is 3. The standard InChI is InChI=1S/C27H23FN6O.ClH/c1-18-17-33(27(35)30-24-12-11-19(16-29)15-23(24)28)13-14-34(18)26-22-10-6-5-9-21(22)25(31-32-26)20-7-3-2-4-8-20;/h2-12,15,18H,13-14,17H2,1H3,(H,30,35);1H. The van der Waals surface area contributed by atoms with E-state index < -0.39 is 5.82 Å². The first-order chi connectivity index (χ1) is 17.0. The molecule has 1 N–H and O–H groups in total. The van der Waals surface area contributed by atoms with E-state index in [0.717, 1.165) is 33.9 Å². The second kappa shape index (κ2) is 10.6. The first-order valence-corrected chi connectivity index (χ1v) is 11.4. The second-order valence-electron chi connectivity index (χ2n) is 8.51. The summed E-state index contributed by atoms with van der Waals surface area (Å²) in [7, 11) is 0. The van der Waals surface area contributed by atoms with Crippen LogP contribution in [-0.4, -0.2) is 46.8 Å². The van der Waals surface area contributed by atoms with Crippen molar-refractivity contribution in [3.8, 4) is 17.3 Å². The number of nitriles is 1. The van der Waals surface area contributed by atoms with Crippen LogP contribution in [0.5, 0.6) is 0 Å². The first kappa shape index (κ1) is 24.9. The molecule has 5 rings (SSSR count). The van der Waals surface area contributed by atoms with Gasteiger partial charge >= 0.3 is 6.03 Å². The van der Waals surface area contributed by atoms with Gasteiger partial charge in [0.15, 0.2) is 5.82 Å². The second-order valence-corrected chi connectivity index (χ2v) is 8.51. The third kappa shape index (κ3) is 4.79. The minimum Gasteiger partial charge on any atom is -0.348 e. The van der Waals surface area contributed by atoms with Crippen LogP contribution in [0.3, 0.4) is 0 Å². The molecule has 0 radical (unpaired) electrons. The normalized spacial score (nSPS) is 15.2. The molecule has 182 valence electrons. The number of carbonyl (C=O) groups excluding carboxylic acids is 1. The molecule has 0 bridgehead atoms. The number of halogens is 2. The maximum absolute atomic E-state index is 14.2. The molecule has 3 aromatic carbocycles. The zero-order valence-electron chi connectivity index (χ0n) is 19.6. The van der Waals surface area contributed by atoms with Crippen molar-refractivity contribution in [3.63, 3.8) is 0 Å². The van der Waals surface area contributed by atoms with E-state index in [0.29, 0.717) is 19.6 Å². The summed E-state index contributed by atoms with van der Waals surface area (Å²) in [5, 5.41) is 22.7. The number of amides is 2. The molecule has 1 aliphatic rings. The van der Waals surface area contributed by atoms with Crippen molar-refractivity contribution in [1.82, 2.24) is 15.1 Å². The van der Waals surface area contributed by atoms with E-state index in [1.165, 1.54) is 12.1 Å². The van der Waals surface area contributed by atoms with Gasteiger partial charge in [-0.25, -0.2) is 9.18 Å². The van der Waals surface area contributed by atoms with Crippen LogP contribution in [0, 0.1) is 17.1 Å². The quantitative estimate of drug-likeness (QED) is 0.401. The molecule has 0 saturated carbocycles. The Labute approximate surface area is 214 Å². The van der Waals surface area contributed by atoms with Gasteiger partial charge in [-0.2, -0.15) is 5.26 Å². The maximum Gasteiger partial charge on any atom is 0.322 e. The summed E-state index contributed by atoms with van der Waals surface area (Å²) in [6, 6.07) is 23.5. The van der Waals surface area contributed by atoms with Gasteiger partial charge in [-0.3, -0.25) is 0 Å². The van der Waals surface area contributed by atoms with Crippen molar-refractivity contribution < 1.29 is 9.18 Å². The molecule has 1 fully saturated rings. The Morgan fingerprint density at radius 1 is 1.03 bits per heavy atom. The van der Waals surface area contributed by atoms with Crippen LogP contribution in [0.15, 0.2) is 72.8 Å². The van der Waals surface area contributed by atoms with Crippen molar-refractivity contribution in [2.24, 2.45) is 0 Å². The lowest BCUT2D eigenvalue weighted by molar-refractivity contribution is 0.200.